The van der Waals surface area contributed by atoms with E-state index in [1.807, 2.05) is 30.3 Å². The Balaban J connectivity index is 1.15. The van der Waals surface area contributed by atoms with E-state index in [2.05, 4.69) is 135 Å². The third-order valence-electron chi connectivity index (χ3n) is 10.3. The van der Waals surface area contributed by atoms with E-state index >= 15 is 0 Å². The average molecular weight is 642 g/mol. The highest BCUT2D eigenvalue weighted by Gasteiger charge is 2.35. The molecule has 0 bridgehead atoms. The molecule has 1 aliphatic rings. The molecular weight excluding hydrogens is 611 g/mol. The van der Waals surface area contributed by atoms with Crippen molar-refractivity contribution in [3.05, 3.63) is 163 Å². The van der Waals surface area contributed by atoms with Gasteiger partial charge in [0, 0.05) is 38.3 Å². The summed E-state index contributed by atoms with van der Waals surface area (Å²) >= 11 is 0. The van der Waals surface area contributed by atoms with Gasteiger partial charge in [-0.15, -0.1) is 0 Å². The van der Waals surface area contributed by atoms with Gasteiger partial charge in [0.25, 0.3) is 0 Å². The molecule has 0 saturated carbocycles. The molecule has 0 saturated heterocycles. The van der Waals surface area contributed by atoms with E-state index in [-0.39, 0.29) is 5.41 Å². The second kappa shape index (κ2) is 10.8. The topological polar surface area (TPSA) is 51.8 Å². The predicted molar refractivity (Wildman–Crippen MR) is 204 cm³/mol. The first-order chi connectivity index (χ1) is 24.5. The molecule has 2 aromatic heterocycles. The number of hydrogen-bond donors (Lipinski definition) is 0. The maximum atomic E-state index is 6.68. The fourth-order valence-electron chi connectivity index (χ4n) is 7.79. The van der Waals surface area contributed by atoms with Gasteiger partial charge in [-0.1, -0.05) is 141 Å². The van der Waals surface area contributed by atoms with Gasteiger partial charge < -0.3 is 4.42 Å². The fourth-order valence-corrected chi connectivity index (χ4v) is 7.79. The quantitative estimate of drug-likeness (QED) is 0.192. The Labute approximate surface area is 289 Å². The van der Waals surface area contributed by atoms with Crippen LogP contribution in [0.1, 0.15) is 25.0 Å². The molecule has 4 heteroatoms. The van der Waals surface area contributed by atoms with E-state index in [0.29, 0.717) is 17.5 Å². The Morgan fingerprint density at radius 2 is 0.980 bits per heavy atom. The van der Waals surface area contributed by atoms with Crippen molar-refractivity contribution in [3.8, 4) is 56.4 Å². The highest BCUT2D eigenvalue weighted by molar-refractivity contribution is 6.19. The Kier molecular flexibility index (Phi) is 6.19. The van der Waals surface area contributed by atoms with Gasteiger partial charge in [0.2, 0.25) is 0 Å². The van der Waals surface area contributed by atoms with Crippen molar-refractivity contribution in [2.24, 2.45) is 0 Å². The van der Waals surface area contributed by atoms with Crippen molar-refractivity contribution in [2.45, 2.75) is 19.3 Å². The summed E-state index contributed by atoms with van der Waals surface area (Å²) in [5.74, 6) is 1.89. The maximum Gasteiger partial charge on any atom is 0.164 e. The lowest BCUT2D eigenvalue weighted by Gasteiger charge is -2.21. The second-order valence-electron chi connectivity index (χ2n) is 13.6. The van der Waals surface area contributed by atoms with Gasteiger partial charge >= 0.3 is 0 Å². The van der Waals surface area contributed by atoms with E-state index in [4.69, 9.17) is 19.4 Å². The number of benzene rings is 7. The molecule has 0 amide bonds. The first kappa shape index (κ1) is 28.6. The van der Waals surface area contributed by atoms with Gasteiger partial charge in [0.1, 0.15) is 11.2 Å². The smallest absolute Gasteiger partial charge is 0.164 e. The van der Waals surface area contributed by atoms with Crippen molar-refractivity contribution in [3.63, 3.8) is 0 Å². The lowest BCUT2D eigenvalue weighted by molar-refractivity contribution is 0.660. The molecule has 1 aliphatic carbocycles. The molecule has 0 aliphatic heterocycles. The molecule has 10 rings (SSSR count). The van der Waals surface area contributed by atoms with Crippen LogP contribution < -0.4 is 0 Å². The van der Waals surface area contributed by atoms with Crippen molar-refractivity contribution >= 4 is 32.7 Å². The normalized spacial score (nSPS) is 13.2. The molecule has 7 aromatic carbocycles. The minimum atomic E-state index is -0.128. The van der Waals surface area contributed by atoms with E-state index in [0.717, 1.165) is 44.0 Å². The van der Waals surface area contributed by atoms with Crippen LogP contribution in [0.25, 0.3) is 89.1 Å². The van der Waals surface area contributed by atoms with Crippen molar-refractivity contribution in [1.82, 2.24) is 15.0 Å². The number of aromatic nitrogens is 3. The SMILES string of the molecule is CC1(C)c2ccccc2-c2ccc(-c3nc(-c4ccccc4)nc(-c4ccc5c(c4)oc4c6ccccc6c(-c6ccccc6)cc54)n3)cc21. The molecule has 0 spiro atoms. The van der Waals surface area contributed by atoms with E-state index in [1.54, 1.807) is 0 Å². The summed E-state index contributed by atoms with van der Waals surface area (Å²) in [5, 5.41) is 4.41. The van der Waals surface area contributed by atoms with Gasteiger partial charge in [-0.25, -0.2) is 15.0 Å². The monoisotopic (exact) mass is 641 g/mol. The number of nitrogens with zero attached hydrogens (tertiary/aromatic N) is 3. The van der Waals surface area contributed by atoms with Gasteiger partial charge in [-0.3, -0.25) is 0 Å². The summed E-state index contributed by atoms with van der Waals surface area (Å²) in [6.45, 7) is 4.59. The van der Waals surface area contributed by atoms with Crippen LogP contribution in [0.2, 0.25) is 0 Å². The lowest BCUT2D eigenvalue weighted by Crippen LogP contribution is -2.15. The van der Waals surface area contributed by atoms with Crippen LogP contribution in [0, 0.1) is 0 Å². The van der Waals surface area contributed by atoms with Gasteiger partial charge in [-0.2, -0.15) is 0 Å². The summed E-state index contributed by atoms with van der Waals surface area (Å²) in [6, 6.07) is 53.1. The van der Waals surface area contributed by atoms with E-state index in [1.165, 1.54) is 38.8 Å². The fraction of sp³-hybridized carbons (Fsp3) is 0.0652. The molecule has 50 heavy (non-hydrogen) atoms. The molecule has 0 radical (unpaired) electrons. The Morgan fingerprint density at radius 3 is 1.74 bits per heavy atom. The van der Waals surface area contributed by atoms with Gasteiger partial charge in [0.05, 0.1) is 0 Å². The third kappa shape index (κ3) is 4.35. The number of fused-ring (bicyclic) bond motifs is 8. The van der Waals surface area contributed by atoms with E-state index < -0.39 is 0 Å². The molecule has 236 valence electrons. The maximum absolute atomic E-state index is 6.68. The molecule has 0 N–H and O–H groups in total. The lowest BCUT2D eigenvalue weighted by atomic mass is 9.82. The number of rotatable bonds is 4. The third-order valence-corrected chi connectivity index (χ3v) is 10.3. The Bertz CT molecular complexity index is 2780. The van der Waals surface area contributed by atoms with Gasteiger partial charge in [-0.05, 0) is 63.0 Å². The van der Waals surface area contributed by atoms with Crippen molar-refractivity contribution < 1.29 is 4.42 Å². The zero-order valence-corrected chi connectivity index (χ0v) is 27.7. The molecule has 0 atom stereocenters. The minimum Gasteiger partial charge on any atom is -0.455 e. The van der Waals surface area contributed by atoms with Crippen molar-refractivity contribution in [2.75, 3.05) is 0 Å². The summed E-state index contributed by atoms with van der Waals surface area (Å²) in [7, 11) is 0. The van der Waals surface area contributed by atoms with Crippen LogP contribution in [0.4, 0.5) is 0 Å². The predicted octanol–water partition coefficient (Wildman–Crippen LogP) is 11.9. The summed E-state index contributed by atoms with van der Waals surface area (Å²) < 4.78 is 6.68. The molecule has 0 unspecified atom stereocenters. The zero-order chi connectivity index (χ0) is 33.4. The van der Waals surface area contributed by atoms with Crippen LogP contribution in [-0.2, 0) is 5.41 Å². The first-order valence-electron chi connectivity index (χ1n) is 17.0. The number of furan rings is 1. The summed E-state index contributed by atoms with van der Waals surface area (Å²) in [5.41, 5.74) is 11.9. The molecule has 4 nitrogen and oxygen atoms in total. The van der Waals surface area contributed by atoms with Crippen LogP contribution in [0.3, 0.4) is 0 Å². The molecular formula is C46H31N3O. The largest absolute Gasteiger partial charge is 0.455 e. The van der Waals surface area contributed by atoms with Crippen LogP contribution in [-0.4, -0.2) is 15.0 Å². The van der Waals surface area contributed by atoms with Crippen LogP contribution in [0.5, 0.6) is 0 Å². The standard InChI is InChI=1S/C46H31N3O/c1-46(2)39-20-12-11-18-33(39)34-23-21-30(25-40(34)46)44-47-43(29-15-7-4-8-16-29)48-45(49-44)31-22-24-35-38-27-37(28-13-5-3-6-14-28)32-17-9-10-19-36(32)42(38)50-41(35)26-31/h3-27H,1-2H3. The average Bonchev–Trinajstić information content (AvgIpc) is 3.66. The van der Waals surface area contributed by atoms with Crippen LogP contribution >= 0.6 is 0 Å². The number of hydrogen-bond acceptors (Lipinski definition) is 4. The second-order valence-corrected chi connectivity index (χ2v) is 13.6. The Morgan fingerprint density at radius 1 is 0.400 bits per heavy atom. The highest BCUT2D eigenvalue weighted by Crippen LogP contribution is 2.49. The van der Waals surface area contributed by atoms with Gasteiger partial charge in [0.15, 0.2) is 17.5 Å². The summed E-state index contributed by atoms with van der Waals surface area (Å²) in [6.07, 6.45) is 0. The molecule has 2 heterocycles. The highest BCUT2D eigenvalue weighted by atomic mass is 16.3. The molecule has 9 aromatic rings. The van der Waals surface area contributed by atoms with Crippen LogP contribution in [0.15, 0.2) is 156 Å². The zero-order valence-electron chi connectivity index (χ0n) is 27.7. The Hall–Kier alpha value is -6.39. The molecule has 0 fully saturated rings. The minimum absolute atomic E-state index is 0.128. The first-order valence-corrected chi connectivity index (χ1v) is 17.0. The summed E-state index contributed by atoms with van der Waals surface area (Å²) in [4.78, 5) is 15.2. The van der Waals surface area contributed by atoms with E-state index in [9.17, 15) is 0 Å². The van der Waals surface area contributed by atoms with Crippen molar-refractivity contribution in [1.29, 1.82) is 0 Å².